The highest BCUT2D eigenvalue weighted by Gasteiger charge is 2.32. The van der Waals surface area contributed by atoms with Gasteiger partial charge in [-0.2, -0.15) is 0 Å². The molecule has 76 valence electrons. The highest BCUT2D eigenvalue weighted by Crippen LogP contribution is 2.32. The Morgan fingerprint density at radius 2 is 2.00 bits per heavy atom. The minimum atomic E-state index is 0.457. The van der Waals surface area contributed by atoms with Crippen LogP contribution in [0.25, 0.3) is 0 Å². The Hall–Kier alpha value is -0.0800. The van der Waals surface area contributed by atoms with Gasteiger partial charge in [-0.15, -0.1) is 0 Å². The minimum absolute atomic E-state index is 0.457. The number of likely N-dealkylation sites (N-methyl/N-ethyl adjacent to an activating group) is 1. The molecule has 2 fully saturated rings. The van der Waals surface area contributed by atoms with E-state index in [2.05, 4.69) is 11.8 Å². The quantitative estimate of drug-likeness (QED) is 0.715. The van der Waals surface area contributed by atoms with Gasteiger partial charge >= 0.3 is 0 Å². The van der Waals surface area contributed by atoms with E-state index in [1.54, 1.807) is 0 Å². The van der Waals surface area contributed by atoms with Crippen LogP contribution in [0.2, 0.25) is 0 Å². The molecule has 2 nitrogen and oxygen atoms in total. The summed E-state index contributed by atoms with van der Waals surface area (Å²) in [5.74, 6) is 1.01. The summed E-state index contributed by atoms with van der Waals surface area (Å²) in [5.41, 5.74) is 6.11. The van der Waals surface area contributed by atoms with E-state index in [1.807, 2.05) is 0 Å². The number of hydrogen-bond acceptors (Lipinski definition) is 2. The molecule has 0 amide bonds. The lowest BCUT2D eigenvalue weighted by molar-refractivity contribution is 0.186. The van der Waals surface area contributed by atoms with Crippen LogP contribution in [-0.2, 0) is 0 Å². The summed E-state index contributed by atoms with van der Waals surface area (Å²) in [6.07, 6.45) is 6.83. The van der Waals surface area contributed by atoms with E-state index in [1.165, 1.54) is 45.2 Å². The maximum atomic E-state index is 6.11. The monoisotopic (exact) mass is 182 g/mol. The van der Waals surface area contributed by atoms with E-state index in [-0.39, 0.29) is 0 Å². The largest absolute Gasteiger partial charge is 0.326 e. The molecule has 0 aromatic rings. The summed E-state index contributed by atoms with van der Waals surface area (Å²) in [6, 6.07) is 1.16. The van der Waals surface area contributed by atoms with Crippen molar-refractivity contribution < 1.29 is 0 Å². The van der Waals surface area contributed by atoms with Gasteiger partial charge in [0.05, 0.1) is 0 Å². The lowest BCUT2D eigenvalue weighted by atomic mass is 10.1. The van der Waals surface area contributed by atoms with Gasteiger partial charge in [0, 0.05) is 18.6 Å². The summed E-state index contributed by atoms with van der Waals surface area (Å²) in [4.78, 5) is 2.62. The van der Waals surface area contributed by atoms with Gasteiger partial charge in [-0.25, -0.2) is 0 Å². The predicted molar refractivity (Wildman–Crippen MR) is 55.6 cm³/mol. The van der Waals surface area contributed by atoms with E-state index >= 15 is 0 Å². The van der Waals surface area contributed by atoms with Crippen molar-refractivity contribution in [3.63, 3.8) is 0 Å². The molecule has 0 saturated heterocycles. The second-order valence-electron chi connectivity index (χ2n) is 4.69. The van der Waals surface area contributed by atoms with Crippen LogP contribution in [0.3, 0.4) is 0 Å². The first-order valence-electron chi connectivity index (χ1n) is 5.81. The van der Waals surface area contributed by atoms with Gasteiger partial charge in [-0.1, -0.05) is 13.3 Å². The highest BCUT2D eigenvalue weighted by atomic mass is 15.2. The topological polar surface area (TPSA) is 29.3 Å². The number of nitrogens with two attached hydrogens (primary N) is 1. The third kappa shape index (κ3) is 2.23. The van der Waals surface area contributed by atoms with Gasteiger partial charge < -0.3 is 5.73 Å². The first-order valence-corrected chi connectivity index (χ1v) is 5.81. The first-order chi connectivity index (χ1) is 6.31. The lowest BCUT2D eigenvalue weighted by Crippen LogP contribution is -2.45. The number of nitrogens with zero attached hydrogens (tertiary/aromatic N) is 1. The predicted octanol–water partition coefficient (Wildman–Crippen LogP) is 1.60. The second kappa shape index (κ2) is 3.97. The molecule has 0 radical (unpaired) electrons. The Balaban J connectivity index is 1.85. The fourth-order valence-electron chi connectivity index (χ4n) is 2.55. The second-order valence-corrected chi connectivity index (χ2v) is 4.69. The molecule has 0 heterocycles. The molecule has 2 heteroatoms. The molecule has 2 rings (SSSR count). The first kappa shape index (κ1) is 9.47. The number of rotatable bonds is 4. The van der Waals surface area contributed by atoms with Crippen molar-refractivity contribution in [2.75, 3.05) is 13.1 Å². The van der Waals surface area contributed by atoms with Crippen LogP contribution >= 0.6 is 0 Å². The van der Waals surface area contributed by atoms with E-state index in [0.717, 1.165) is 5.92 Å². The fraction of sp³-hybridized carbons (Fsp3) is 1.00. The Morgan fingerprint density at radius 1 is 1.23 bits per heavy atom. The molecule has 2 N–H and O–H groups in total. The molecule has 0 bridgehead atoms. The molecule has 2 saturated carbocycles. The Labute approximate surface area is 81.5 Å². The van der Waals surface area contributed by atoms with Gasteiger partial charge in [-0.05, 0) is 38.1 Å². The molecule has 2 aliphatic carbocycles. The zero-order chi connectivity index (χ0) is 9.26. The van der Waals surface area contributed by atoms with Crippen molar-refractivity contribution in [3.8, 4) is 0 Å². The van der Waals surface area contributed by atoms with E-state index < -0.39 is 0 Å². The summed E-state index contributed by atoms with van der Waals surface area (Å²) in [7, 11) is 0. The average Bonchev–Trinajstić information content (AvgIpc) is 2.85. The zero-order valence-corrected chi connectivity index (χ0v) is 8.71. The maximum absolute atomic E-state index is 6.11. The van der Waals surface area contributed by atoms with E-state index in [9.17, 15) is 0 Å². The third-order valence-corrected chi connectivity index (χ3v) is 3.60. The smallest absolute Gasteiger partial charge is 0.0247 e. The molecule has 2 unspecified atom stereocenters. The van der Waals surface area contributed by atoms with Crippen molar-refractivity contribution in [2.45, 2.75) is 51.1 Å². The van der Waals surface area contributed by atoms with Crippen LogP contribution in [0.4, 0.5) is 0 Å². The van der Waals surface area contributed by atoms with Crippen molar-refractivity contribution >= 4 is 0 Å². The van der Waals surface area contributed by atoms with Crippen molar-refractivity contribution in [3.05, 3.63) is 0 Å². The van der Waals surface area contributed by atoms with Gasteiger partial charge in [0.2, 0.25) is 0 Å². The molecule has 13 heavy (non-hydrogen) atoms. The minimum Gasteiger partial charge on any atom is -0.326 e. The summed E-state index contributed by atoms with van der Waals surface area (Å²) >= 11 is 0. The SMILES string of the molecule is CCN(CC1CC1)C1CCCC1N. The zero-order valence-electron chi connectivity index (χ0n) is 8.71. The van der Waals surface area contributed by atoms with Crippen LogP contribution < -0.4 is 5.73 Å². The van der Waals surface area contributed by atoms with Gasteiger partial charge in [0.25, 0.3) is 0 Å². The van der Waals surface area contributed by atoms with E-state index in [0.29, 0.717) is 12.1 Å². The summed E-state index contributed by atoms with van der Waals surface area (Å²) in [5, 5.41) is 0. The molecule has 2 aliphatic rings. The molecule has 0 aliphatic heterocycles. The highest BCUT2D eigenvalue weighted by molar-refractivity contribution is 4.90. The summed E-state index contributed by atoms with van der Waals surface area (Å²) in [6.45, 7) is 4.77. The van der Waals surface area contributed by atoms with Crippen molar-refractivity contribution in [2.24, 2.45) is 11.7 Å². The van der Waals surface area contributed by atoms with Crippen LogP contribution in [-0.4, -0.2) is 30.1 Å². The molecule has 0 spiro atoms. The molecular weight excluding hydrogens is 160 g/mol. The normalized spacial score (nSPS) is 34.4. The van der Waals surface area contributed by atoms with Crippen LogP contribution in [0, 0.1) is 5.92 Å². The van der Waals surface area contributed by atoms with Gasteiger partial charge in [-0.3, -0.25) is 4.90 Å². The maximum Gasteiger partial charge on any atom is 0.0247 e. The lowest BCUT2D eigenvalue weighted by Gasteiger charge is -2.30. The molecule has 0 aromatic carbocycles. The van der Waals surface area contributed by atoms with Crippen molar-refractivity contribution in [1.82, 2.24) is 4.90 Å². The van der Waals surface area contributed by atoms with Gasteiger partial charge in [0.15, 0.2) is 0 Å². The summed E-state index contributed by atoms with van der Waals surface area (Å²) < 4.78 is 0. The molecule has 0 aromatic heterocycles. The molecule has 2 atom stereocenters. The average molecular weight is 182 g/mol. The Morgan fingerprint density at radius 3 is 2.46 bits per heavy atom. The standard InChI is InChI=1S/C11H22N2/c1-2-13(8-9-6-7-9)11-5-3-4-10(11)12/h9-11H,2-8,12H2,1H3. The fourth-order valence-corrected chi connectivity index (χ4v) is 2.55. The van der Waals surface area contributed by atoms with Gasteiger partial charge in [0.1, 0.15) is 0 Å². The molecular formula is C11H22N2. The third-order valence-electron chi connectivity index (χ3n) is 3.60. The van der Waals surface area contributed by atoms with E-state index in [4.69, 9.17) is 5.73 Å². The van der Waals surface area contributed by atoms with Crippen LogP contribution in [0.5, 0.6) is 0 Å². The number of hydrogen-bond donors (Lipinski definition) is 1. The van der Waals surface area contributed by atoms with Crippen LogP contribution in [0.1, 0.15) is 39.0 Å². The van der Waals surface area contributed by atoms with Crippen molar-refractivity contribution in [1.29, 1.82) is 0 Å². The Kier molecular flexibility index (Phi) is 2.89. The Bertz CT molecular complexity index is 165. The van der Waals surface area contributed by atoms with Crippen LogP contribution in [0.15, 0.2) is 0 Å².